The van der Waals surface area contributed by atoms with Gasteiger partial charge in [0.05, 0.1) is 5.69 Å². The predicted octanol–water partition coefficient (Wildman–Crippen LogP) is 3.59. The van der Waals surface area contributed by atoms with Crippen LogP contribution in [0, 0.1) is 13.8 Å². The van der Waals surface area contributed by atoms with E-state index in [9.17, 15) is 4.79 Å². The van der Waals surface area contributed by atoms with Crippen molar-refractivity contribution < 1.29 is 4.79 Å². The number of carbonyl (C=O) groups is 1. The average Bonchev–Trinajstić information content (AvgIpc) is 2.70. The van der Waals surface area contributed by atoms with Crippen molar-refractivity contribution in [3.8, 4) is 0 Å². The quantitative estimate of drug-likeness (QED) is 0.916. The molecule has 21 heavy (non-hydrogen) atoms. The monoisotopic (exact) mass is 285 g/mol. The summed E-state index contributed by atoms with van der Waals surface area (Å²) in [5, 5.41) is 7.41. The molecular weight excluding hydrogens is 262 g/mol. The van der Waals surface area contributed by atoms with Crippen molar-refractivity contribution in [2.24, 2.45) is 7.05 Å². The molecule has 4 heteroatoms. The van der Waals surface area contributed by atoms with E-state index in [1.807, 2.05) is 45.2 Å². The maximum atomic E-state index is 12.4. The van der Waals surface area contributed by atoms with Crippen molar-refractivity contribution >= 4 is 11.7 Å². The van der Waals surface area contributed by atoms with Crippen LogP contribution in [0.2, 0.25) is 0 Å². The first-order valence-corrected chi connectivity index (χ1v) is 7.11. The second kappa shape index (κ2) is 5.35. The van der Waals surface area contributed by atoms with Gasteiger partial charge in [-0.3, -0.25) is 9.48 Å². The second-order valence-electron chi connectivity index (χ2n) is 6.56. The molecule has 0 atom stereocenters. The Kier molecular flexibility index (Phi) is 3.90. The Morgan fingerprint density at radius 2 is 1.86 bits per heavy atom. The molecule has 0 aliphatic carbocycles. The zero-order chi connectivity index (χ0) is 15.8. The van der Waals surface area contributed by atoms with Crippen molar-refractivity contribution in [3.05, 3.63) is 46.6 Å². The summed E-state index contributed by atoms with van der Waals surface area (Å²) in [5.41, 5.74) is 3.74. The lowest BCUT2D eigenvalue weighted by Crippen LogP contribution is -2.15. The summed E-state index contributed by atoms with van der Waals surface area (Å²) in [6.45, 7) is 10.3. The van der Waals surface area contributed by atoms with E-state index in [0.717, 1.165) is 16.8 Å². The van der Waals surface area contributed by atoms with Crippen LogP contribution in [0.1, 0.15) is 48.0 Å². The number of rotatable bonds is 2. The summed E-state index contributed by atoms with van der Waals surface area (Å²) in [5.74, 6) is 0.612. The van der Waals surface area contributed by atoms with Gasteiger partial charge in [-0.25, -0.2) is 0 Å². The highest BCUT2D eigenvalue weighted by Crippen LogP contribution is 2.24. The predicted molar refractivity (Wildman–Crippen MR) is 85.8 cm³/mol. The first-order valence-electron chi connectivity index (χ1n) is 7.11. The third-order valence-electron chi connectivity index (χ3n) is 3.52. The van der Waals surface area contributed by atoms with Crippen LogP contribution in [0.15, 0.2) is 24.3 Å². The summed E-state index contributed by atoms with van der Waals surface area (Å²) in [6.07, 6.45) is 0. The molecular formula is C17H23N3O. The van der Waals surface area contributed by atoms with Gasteiger partial charge in [0.15, 0.2) is 0 Å². The lowest BCUT2D eigenvalue weighted by molar-refractivity contribution is 0.102. The number of hydrogen-bond donors (Lipinski definition) is 1. The molecule has 1 amide bonds. The minimum Gasteiger partial charge on any atom is -0.307 e. The fourth-order valence-corrected chi connectivity index (χ4v) is 2.20. The van der Waals surface area contributed by atoms with Crippen LogP contribution in [0.3, 0.4) is 0 Å². The molecule has 0 aliphatic heterocycles. The van der Waals surface area contributed by atoms with E-state index in [1.165, 1.54) is 0 Å². The van der Waals surface area contributed by atoms with Crippen molar-refractivity contribution in [3.63, 3.8) is 0 Å². The van der Waals surface area contributed by atoms with E-state index in [2.05, 4.69) is 31.2 Å². The molecule has 1 aromatic carbocycles. The highest BCUT2D eigenvalue weighted by atomic mass is 16.1. The van der Waals surface area contributed by atoms with Gasteiger partial charge in [0.1, 0.15) is 5.82 Å². The standard InChI is InChI=1S/C17H23N3O/c1-11-7-8-13(12(2)9-11)16(21)18-15-10-14(17(3,4)5)19-20(15)6/h7-10H,1-6H3,(H,18,21). The minimum absolute atomic E-state index is 0.0412. The van der Waals surface area contributed by atoms with Gasteiger partial charge in [-0.2, -0.15) is 5.10 Å². The lowest BCUT2D eigenvalue weighted by Gasteiger charge is -2.13. The van der Waals surface area contributed by atoms with Crippen LogP contribution in [0.4, 0.5) is 5.82 Å². The lowest BCUT2D eigenvalue weighted by atomic mass is 9.92. The average molecular weight is 285 g/mol. The molecule has 0 saturated heterocycles. The topological polar surface area (TPSA) is 46.9 Å². The smallest absolute Gasteiger partial charge is 0.257 e. The van der Waals surface area contributed by atoms with Gasteiger partial charge in [0.25, 0.3) is 5.91 Å². The fourth-order valence-electron chi connectivity index (χ4n) is 2.20. The third-order valence-corrected chi connectivity index (χ3v) is 3.52. The first kappa shape index (κ1) is 15.3. The van der Waals surface area contributed by atoms with Crippen LogP contribution < -0.4 is 5.32 Å². The van der Waals surface area contributed by atoms with Crippen LogP contribution >= 0.6 is 0 Å². The van der Waals surface area contributed by atoms with E-state index in [-0.39, 0.29) is 11.3 Å². The molecule has 0 fully saturated rings. The zero-order valence-corrected chi connectivity index (χ0v) is 13.6. The van der Waals surface area contributed by atoms with Crippen LogP contribution in [-0.4, -0.2) is 15.7 Å². The van der Waals surface area contributed by atoms with Gasteiger partial charge in [-0.1, -0.05) is 38.5 Å². The Balaban J connectivity index is 2.26. The van der Waals surface area contributed by atoms with Crippen molar-refractivity contribution in [2.75, 3.05) is 5.32 Å². The van der Waals surface area contributed by atoms with E-state index in [1.54, 1.807) is 4.68 Å². The van der Waals surface area contributed by atoms with E-state index in [0.29, 0.717) is 11.4 Å². The molecule has 2 rings (SSSR count). The number of amides is 1. The van der Waals surface area contributed by atoms with Crippen LogP contribution in [0.25, 0.3) is 0 Å². The molecule has 1 heterocycles. The number of aromatic nitrogens is 2. The number of nitrogens with one attached hydrogen (secondary N) is 1. The van der Waals surface area contributed by atoms with Gasteiger partial charge in [0.2, 0.25) is 0 Å². The number of carbonyl (C=O) groups excluding carboxylic acids is 1. The first-order chi connectivity index (χ1) is 9.68. The summed E-state index contributed by atoms with van der Waals surface area (Å²) in [4.78, 5) is 12.4. The number of aryl methyl sites for hydroxylation is 3. The highest BCUT2D eigenvalue weighted by Gasteiger charge is 2.20. The normalized spacial score (nSPS) is 11.5. The molecule has 0 radical (unpaired) electrons. The number of nitrogens with zero attached hydrogens (tertiary/aromatic N) is 2. The van der Waals surface area contributed by atoms with Crippen molar-refractivity contribution in [1.82, 2.24) is 9.78 Å². The molecule has 4 nitrogen and oxygen atoms in total. The number of anilines is 1. The van der Waals surface area contributed by atoms with Gasteiger partial charge >= 0.3 is 0 Å². The Labute approximate surface area is 126 Å². The summed E-state index contributed by atoms with van der Waals surface area (Å²) < 4.78 is 1.71. The minimum atomic E-state index is -0.101. The van der Waals surface area contributed by atoms with Gasteiger partial charge in [-0.05, 0) is 25.5 Å². The van der Waals surface area contributed by atoms with Crippen LogP contribution in [-0.2, 0) is 12.5 Å². The van der Waals surface area contributed by atoms with Gasteiger partial charge in [-0.15, -0.1) is 0 Å². The van der Waals surface area contributed by atoms with E-state index < -0.39 is 0 Å². The molecule has 0 bridgehead atoms. The Morgan fingerprint density at radius 3 is 2.38 bits per heavy atom. The molecule has 0 aliphatic rings. The van der Waals surface area contributed by atoms with Crippen molar-refractivity contribution in [1.29, 1.82) is 0 Å². The van der Waals surface area contributed by atoms with E-state index in [4.69, 9.17) is 0 Å². The van der Waals surface area contributed by atoms with Crippen LogP contribution in [0.5, 0.6) is 0 Å². The molecule has 0 saturated carbocycles. The molecule has 1 N–H and O–H groups in total. The van der Waals surface area contributed by atoms with Gasteiger partial charge < -0.3 is 5.32 Å². The largest absolute Gasteiger partial charge is 0.307 e. The molecule has 0 spiro atoms. The third kappa shape index (κ3) is 3.32. The summed E-state index contributed by atoms with van der Waals surface area (Å²) >= 11 is 0. The number of hydrogen-bond acceptors (Lipinski definition) is 2. The zero-order valence-electron chi connectivity index (χ0n) is 13.6. The molecule has 112 valence electrons. The molecule has 1 aromatic heterocycles. The Bertz CT molecular complexity index is 678. The highest BCUT2D eigenvalue weighted by molar-refractivity contribution is 6.04. The summed E-state index contributed by atoms with van der Waals surface area (Å²) in [7, 11) is 1.84. The summed E-state index contributed by atoms with van der Waals surface area (Å²) in [6, 6.07) is 7.76. The molecule has 0 unspecified atom stereocenters. The Morgan fingerprint density at radius 1 is 1.19 bits per heavy atom. The fraction of sp³-hybridized carbons (Fsp3) is 0.412. The maximum absolute atomic E-state index is 12.4. The van der Waals surface area contributed by atoms with Crippen molar-refractivity contribution in [2.45, 2.75) is 40.0 Å². The van der Waals surface area contributed by atoms with E-state index >= 15 is 0 Å². The number of benzene rings is 1. The van der Waals surface area contributed by atoms with Gasteiger partial charge in [0, 0.05) is 24.1 Å². The second-order valence-corrected chi connectivity index (χ2v) is 6.56. The SMILES string of the molecule is Cc1ccc(C(=O)Nc2cc(C(C)(C)C)nn2C)c(C)c1. The Hall–Kier alpha value is -2.10. The molecule has 2 aromatic rings. The maximum Gasteiger partial charge on any atom is 0.257 e.